The molecule has 0 aromatic carbocycles. The normalized spacial score (nSPS) is 11.1. The van der Waals surface area contributed by atoms with E-state index in [0.717, 1.165) is 12.8 Å². The number of rotatable bonds is 17. The molecule has 4 heteroatoms. The van der Waals surface area contributed by atoms with Gasteiger partial charge in [-0.15, -0.1) is 0 Å². The molecule has 0 bridgehead atoms. The van der Waals surface area contributed by atoms with Crippen LogP contribution >= 0.6 is 0 Å². The van der Waals surface area contributed by atoms with E-state index >= 15 is 0 Å². The molecule has 0 amide bonds. The zero-order valence-corrected chi connectivity index (χ0v) is 17.9. The SMILES string of the molecule is CC(C)(O)CN.CCCCCCCCCCCCCCCCCC(=O)O. The van der Waals surface area contributed by atoms with Gasteiger partial charge in [-0.3, -0.25) is 4.79 Å². The maximum absolute atomic E-state index is 10.3. The van der Waals surface area contributed by atoms with Gasteiger partial charge in [0.1, 0.15) is 0 Å². The number of hydrogen-bond donors (Lipinski definition) is 3. The van der Waals surface area contributed by atoms with E-state index in [9.17, 15) is 4.79 Å². The lowest BCUT2D eigenvalue weighted by Crippen LogP contribution is -2.29. The van der Waals surface area contributed by atoms with E-state index in [1.165, 1.54) is 83.5 Å². The third kappa shape index (κ3) is 31.2. The number of aliphatic carboxylic acids is 1. The fourth-order valence-corrected chi connectivity index (χ4v) is 2.65. The van der Waals surface area contributed by atoms with Crippen LogP contribution in [0.1, 0.15) is 124 Å². The predicted octanol–water partition coefficient (Wildman–Crippen LogP) is 6.05. The van der Waals surface area contributed by atoms with Crippen LogP contribution in [0.3, 0.4) is 0 Å². The van der Waals surface area contributed by atoms with Gasteiger partial charge in [-0.2, -0.15) is 0 Å². The molecule has 4 nitrogen and oxygen atoms in total. The zero-order valence-electron chi connectivity index (χ0n) is 17.9. The van der Waals surface area contributed by atoms with Crippen molar-refractivity contribution < 1.29 is 15.0 Å². The van der Waals surface area contributed by atoms with Gasteiger partial charge in [0.2, 0.25) is 0 Å². The Kier molecular flexibility index (Phi) is 22.0. The Morgan fingerprint density at radius 3 is 1.23 bits per heavy atom. The molecular weight excluding hydrogens is 326 g/mol. The Hall–Kier alpha value is -0.610. The van der Waals surface area contributed by atoms with Crippen LogP contribution in [0.15, 0.2) is 0 Å². The van der Waals surface area contributed by atoms with Gasteiger partial charge in [0, 0.05) is 13.0 Å². The van der Waals surface area contributed by atoms with Crippen molar-refractivity contribution in [3.8, 4) is 0 Å². The first-order valence-electron chi connectivity index (χ1n) is 11.0. The standard InChI is InChI=1S/C18H36O2.C4H11NO/c1-2-3-4-5-6-7-8-9-10-11-12-13-14-15-16-17-18(19)20;1-4(2,6)3-5/h2-17H2,1H3,(H,19,20);6H,3,5H2,1-2H3. The summed E-state index contributed by atoms with van der Waals surface area (Å²) in [5, 5.41) is 17.2. The van der Waals surface area contributed by atoms with Crippen molar-refractivity contribution in [1.29, 1.82) is 0 Å². The lowest BCUT2D eigenvalue weighted by Gasteiger charge is -2.11. The molecule has 0 aliphatic heterocycles. The van der Waals surface area contributed by atoms with Crippen molar-refractivity contribution in [3.63, 3.8) is 0 Å². The molecule has 0 aromatic heterocycles. The summed E-state index contributed by atoms with van der Waals surface area (Å²) in [6, 6.07) is 0. The van der Waals surface area contributed by atoms with E-state index in [-0.39, 0.29) is 0 Å². The van der Waals surface area contributed by atoms with E-state index in [4.69, 9.17) is 15.9 Å². The monoisotopic (exact) mass is 373 g/mol. The molecule has 0 radical (unpaired) electrons. The first-order chi connectivity index (χ1) is 12.3. The summed E-state index contributed by atoms with van der Waals surface area (Å²) in [7, 11) is 0. The molecule has 0 rings (SSSR count). The molecule has 26 heavy (non-hydrogen) atoms. The fourth-order valence-electron chi connectivity index (χ4n) is 2.65. The second kappa shape index (κ2) is 20.7. The Bertz CT molecular complexity index is 288. The van der Waals surface area contributed by atoms with Gasteiger partial charge < -0.3 is 15.9 Å². The Morgan fingerprint density at radius 2 is 1.00 bits per heavy atom. The number of carboxylic acids is 1. The van der Waals surface area contributed by atoms with Crippen LogP contribution in [0.2, 0.25) is 0 Å². The highest BCUT2D eigenvalue weighted by Crippen LogP contribution is 2.13. The lowest BCUT2D eigenvalue weighted by atomic mass is 10.0. The second-order valence-corrected chi connectivity index (χ2v) is 8.11. The van der Waals surface area contributed by atoms with Gasteiger partial charge >= 0.3 is 5.97 Å². The zero-order chi connectivity index (χ0) is 20.1. The van der Waals surface area contributed by atoms with Crippen molar-refractivity contribution in [2.24, 2.45) is 5.73 Å². The Balaban J connectivity index is 0. The minimum atomic E-state index is -0.681. The van der Waals surface area contributed by atoms with Crippen LogP contribution in [0.25, 0.3) is 0 Å². The molecule has 0 aliphatic carbocycles. The highest BCUT2D eigenvalue weighted by molar-refractivity contribution is 5.66. The molecule has 158 valence electrons. The van der Waals surface area contributed by atoms with Crippen LogP contribution in [0.4, 0.5) is 0 Å². The van der Waals surface area contributed by atoms with Crippen LogP contribution < -0.4 is 5.73 Å². The molecule has 0 unspecified atom stereocenters. The fraction of sp³-hybridized carbons (Fsp3) is 0.955. The highest BCUT2D eigenvalue weighted by Gasteiger charge is 2.06. The molecule has 0 atom stereocenters. The largest absolute Gasteiger partial charge is 0.481 e. The molecule has 0 saturated heterocycles. The Morgan fingerprint density at radius 1 is 0.731 bits per heavy atom. The summed E-state index contributed by atoms with van der Waals surface area (Å²) in [6.45, 7) is 5.94. The van der Waals surface area contributed by atoms with Gasteiger partial charge in [-0.25, -0.2) is 0 Å². The van der Waals surface area contributed by atoms with Crippen molar-refractivity contribution in [2.45, 2.75) is 129 Å². The predicted molar refractivity (Wildman–Crippen MR) is 113 cm³/mol. The van der Waals surface area contributed by atoms with E-state index < -0.39 is 11.6 Å². The molecule has 0 aromatic rings. The molecular formula is C22H47NO3. The van der Waals surface area contributed by atoms with Crippen LogP contribution in [0, 0.1) is 0 Å². The number of hydrogen-bond acceptors (Lipinski definition) is 3. The number of unbranched alkanes of at least 4 members (excludes halogenated alkanes) is 14. The maximum atomic E-state index is 10.3. The smallest absolute Gasteiger partial charge is 0.303 e. The molecule has 0 saturated carbocycles. The quantitative estimate of drug-likeness (QED) is 0.271. The van der Waals surface area contributed by atoms with E-state index in [1.54, 1.807) is 13.8 Å². The average Bonchev–Trinajstić information content (AvgIpc) is 2.58. The van der Waals surface area contributed by atoms with E-state index in [1.807, 2.05) is 0 Å². The lowest BCUT2D eigenvalue weighted by molar-refractivity contribution is -0.137. The number of carbonyl (C=O) groups is 1. The molecule has 0 heterocycles. The van der Waals surface area contributed by atoms with Crippen LogP contribution in [0.5, 0.6) is 0 Å². The maximum Gasteiger partial charge on any atom is 0.303 e. The third-order valence-electron chi connectivity index (χ3n) is 4.49. The molecule has 0 aliphatic rings. The average molecular weight is 374 g/mol. The van der Waals surface area contributed by atoms with Gasteiger partial charge in [0.05, 0.1) is 5.60 Å². The van der Waals surface area contributed by atoms with E-state index in [0.29, 0.717) is 13.0 Å². The number of nitrogens with two attached hydrogens (primary N) is 1. The van der Waals surface area contributed by atoms with Gasteiger partial charge in [-0.05, 0) is 20.3 Å². The topological polar surface area (TPSA) is 83.5 Å². The van der Waals surface area contributed by atoms with Crippen molar-refractivity contribution in [1.82, 2.24) is 0 Å². The summed E-state index contributed by atoms with van der Waals surface area (Å²) >= 11 is 0. The Labute approximate surface area is 162 Å². The summed E-state index contributed by atoms with van der Waals surface area (Å²) in [5.74, 6) is -0.653. The van der Waals surface area contributed by atoms with E-state index in [2.05, 4.69) is 6.92 Å². The first kappa shape index (κ1) is 27.6. The number of aliphatic hydroxyl groups is 1. The minimum absolute atomic E-state index is 0.326. The summed E-state index contributed by atoms with van der Waals surface area (Å²) in [6.07, 6.45) is 20.2. The van der Waals surface area contributed by atoms with Crippen LogP contribution in [-0.2, 0) is 4.79 Å². The van der Waals surface area contributed by atoms with Crippen molar-refractivity contribution in [3.05, 3.63) is 0 Å². The van der Waals surface area contributed by atoms with Crippen molar-refractivity contribution in [2.75, 3.05) is 6.54 Å². The third-order valence-corrected chi connectivity index (χ3v) is 4.49. The van der Waals surface area contributed by atoms with Crippen molar-refractivity contribution >= 4 is 5.97 Å². The second-order valence-electron chi connectivity index (χ2n) is 8.11. The highest BCUT2D eigenvalue weighted by atomic mass is 16.4. The summed E-state index contributed by atoms with van der Waals surface area (Å²) in [5.41, 5.74) is 4.38. The summed E-state index contributed by atoms with van der Waals surface area (Å²) < 4.78 is 0. The number of carboxylic acid groups (broad SMARTS) is 1. The molecule has 0 fully saturated rings. The van der Waals surface area contributed by atoms with Crippen LogP contribution in [-0.4, -0.2) is 28.3 Å². The van der Waals surface area contributed by atoms with Gasteiger partial charge in [0.25, 0.3) is 0 Å². The van der Waals surface area contributed by atoms with Gasteiger partial charge in [0.15, 0.2) is 0 Å². The molecule has 0 spiro atoms. The molecule has 4 N–H and O–H groups in total. The van der Waals surface area contributed by atoms with Gasteiger partial charge in [-0.1, -0.05) is 96.8 Å². The minimum Gasteiger partial charge on any atom is -0.481 e. The first-order valence-corrected chi connectivity index (χ1v) is 11.0. The summed E-state index contributed by atoms with van der Waals surface area (Å²) in [4.78, 5) is 10.3.